The molecule has 1 amide bonds. The van der Waals surface area contributed by atoms with E-state index in [4.69, 9.17) is 5.73 Å². The molecule has 0 heterocycles. The third-order valence-corrected chi connectivity index (χ3v) is 4.69. The number of hydrogen-bond donors (Lipinski definition) is 2. The maximum Gasteiger partial charge on any atom is 0.391 e. The molecule has 0 bridgehead atoms. The predicted octanol–water partition coefficient (Wildman–Crippen LogP) is 2.74. The highest BCUT2D eigenvalue weighted by atomic mass is 19.4. The number of halogens is 3. The molecule has 3 N–H and O–H groups in total. The second-order valence-electron chi connectivity index (χ2n) is 6.23. The van der Waals surface area contributed by atoms with Crippen LogP contribution in [0.25, 0.3) is 0 Å². The fraction of sp³-hybridized carbons (Fsp3) is 0.929. The summed E-state index contributed by atoms with van der Waals surface area (Å²) in [4.78, 5) is 11.2. The summed E-state index contributed by atoms with van der Waals surface area (Å²) in [5.74, 6) is -1.58. The van der Waals surface area contributed by atoms with E-state index >= 15 is 0 Å². The highest BCUT2D eigenvalue weighted by Crippen LogP contribution is 2.38. The maximum atomic E-state index is 12.8. The van der Waals surface area contributed by atoms with Gasteiger partial charge >= 0.3 is 6.18 Å². The van der Waals surface area contributed by atoms with Gasteiger partial charge < -0.3 is 11.1 Å². The Kier molecular flexibility index (Phi) is 4.94. The number of nitrogens with two attached hydrogens (primary N) is 1. The van der Waals surface area contributed by atoms with Gasteiger partial charge in [0.15, 0.2) is 0 Å². The Morgan fingerprint density at radius 2 is 1.60 bits per heavy atom. The lowest BCUT2D eigenvalue weighted by atomic mass is 9.82. The summed E-state index contributed by atoms with van der Waals surface area (Å²) in [7, 11) is 0. The molecule has 0 aromatic carbocycles. The van der Waals surface area contributed by atoms with Crippen LogP contribution in [0.1, 0.15) is 51.4 Å². The molecule has 116 valence electrons. The van der Waals surface area contributed by atoms with Crippen LogP contribution in [0.3, 0.4) is 0 Å². The summed E-state index contributed by atoms with van der Waals surface area (Å²) < 4.78 is 38.3. The van der Waals surface area contributed by atoms with E-state index in [1.807, 2.05) is 0 Å². The Hall–Kier alpha value is -0.780. The second-order valence-corrected chi connectivity index (χ2v) is 6.23. The molecule has 0 saturated heterocycles. The van der Waals surface area contributed by atoms with Crippen LogP contribution < -0.4 is 11.1 Å². The average molecular weight is 292 g/mol. The average Bonchev–Trinajstić information content (AvgIpc) is 2.38. The molecule has 4 atom stereocenters. The largest absolute Gasteiger partial charge is 0.391 e. The van der Waals surface area contributed by atoms with Crippen LogP contribution in [0.15, 0.2) is 0 Å². The monoisotopic (exact) mass is 292 g/mol. The molecule has 2 rings (SSSR count). The summed E-state index contributed by atoms with van der Waals surface area (Å²) in [5.41, 5.74) is 5.33. The van der Waals surface area contributed by atoms with E-state index in [0.717, 1.165) is 25.7 Å². The molecule has 0 radical (unpaired) electrons. The molecule has 3 nitrogen and oxygen atoms in total. The molecule has 2 fully saturated rings. The fourth-order valence-electron chi connectivity index (χ4n) is 3.57. The molecule has 0 aliphatic heterocycles. The Morgan fingerprint density at radius 1 is 1.00 bits per heavy atom. The number of primary amides is 1. The van der Waals surface area contributed by atoms with Gasteiger partial charge in [0.05, 0.1) is 5.92 Å². The zero-order valence-corrected chi connectivity index (χ0v) is 11.6. The van der Waals surface area contributed by atoms with E-state index in [0.29, 0.717) is 12.8 Å². The summed E-state index contributed by atoms with van der Waals surface area (Å²) in [6.07, 6.45) is 1.07. The van der Waals surface area contributed by atoms with Crippen LogP contribution in [0, 0.1) is 11.8 Å². The molecule has 20 heavy (non-hydrogen) atoms. The van der Waals surface area contributed by atoms with Crippen molar-refractivity contribution in [3.8, 4) is 0 Å². The molecule has 0 aromatic heterocycles. The lowest BCUT2D eigenvalue weighted by molar-refractivity contribution is -0.184. The zero-order valence-electron chi connectivity index (χ0n) is 11.6. The molecule has 2 aliphatic carbocycles. The number of carbonyl (C=O) groups is 1. The Labute approximate surface area is 117 Å². The van der Waals surface area contributed by atoms with Crippen molar-refractivity contribution in [1.29, 1.82) is 0 Å². The minimum atomic E-state index is -4.08. The van der Waals surface area contributed by atoms with Gasteiger partial charge in [0, 0.05) is 18.0 Å². The van der Waals surface area contributed by atoms with E-state index in [9.17, 15) is 18.0 Å². The topological polar surface area (TPSA) is 55.1 Å². The lowest BCUT2D eigenvalue weighted by Crippen LogP contribution is -2.46. The zero-order chi connectivity index (χ0) is 14.8. The second kappa shape index (κ2) is 6.33. The van der Waals surface area contributed by atoms with Crippen LogP contribution in [-0.2, 0) is 4.79 Å². The van der Waals surface area contributed by atoms with Crippen molar-refractivity contribution in [2.75, 3.05) is 0 Å². The molecular formula is C14H23F3N2O. The van der Waals surface area contributed by atoms with Gasteiger partial charge in [-0.15, -0.1) is 0 Å². The Morgan fingerprint density at radius 3 is 2.20 bits per heavy atom. The van der Waals surface area contributed by atoms with Crippen LogP contribution in [0.5, 0.6) is 0 Å². The van der Waals surface area contributed by atoms with Crippen molar-refractivity contribution in [3.63, 3.8) is 0 Å². The normalized spacial score (nSPS) is 35.8. The first-order valence-corrected chi connectivity index (χ1v) is 7.48. The summed E-state index contributed by atoms with van der Waals surface area (Å²) in [5, 5.41) is 3.34. The lowest BCUT2D eigenvalue weighted by Gasteiger charge is -2.36. The number of nitrogens with one attached hydrogen (secondary N) is 1. The number of rotatable bonds is 3. The van der Waals surface area contributed by atoms with E-state index in [2.05, 4.69) is 5.32 Å². The van der Waals surface area contributed by atoms with Gasteiger partial charge in [-0.25, -0.2) is 0 Å². The number of alkyl halides is 3. The minimum absolute atomic E-state index is 0.0769. The third kappa shape index (κ3) is 4.11. The number of amides is 1. The van der Waals surface area contributed by atoms with E-state index < -0.39 is 12.1 Å². The van der Waals surface area contributed by atoms with Crippen LogP contribution >= 0.6 is 0 Å². The standard InChI is InChI=1S/C14H23F3N2O/c15-14(16,17)10-4-2-6-12(8-10)19-11-5-1-3-9(7-11)13(18)20/h9-12,19H,1-8H2,(H2,18,20)/t9-,10-,11+,12+/m1/s1. The van der Waals surface area contributed by atoms with Crippen molar-refractivity contribution in [2.45, 2.75) is 69.6 Å². The van der Waals surface area contributed by atoms with Crippen molar-refractivity contribution in [1.82, 2.24) is 5.32 Å². The highest BCUT2D eigenvalue weighted by Gasteiger charge is 2.42. The minimum Gasteiger partial charge on any atom is -0.369 e. The maximum absolute atomic E-state index is 12.8. The Balaban J connectivity index is 1.85. The first-order valence-electron chi connectivity index (χ1n) is 7.48. The van der Waals surface area contributed by atoms with Gasteiger partial charge in [0.1, 0.15) is 0 Å². The summed E-state index contributed by atoms with van der Waals surface area (Å²) >= 11 is 0. The summed E-state index contributed by atoms with van der Waals surface area (Å²) in [6.45, 7) is 0. The van der Waals surface area contributed by atoms with E-state index in [1.165, 1.54) is 0 Å². The predicted molar refractivity (Wildman–Crippen MR) is 69.9 cm³/mol. The molecule has 0 unspecified atom stereocenters. The van der Waals surface area contributed by atoms with Crippen LogP contribution in [0.2, 0.25) is 0 Å². The van der Waals surface area contributed by atoms with Crippen molar-refractivity contribution in [3.05, 3.63) is 0 Å². The molecule has 6 heteroatoms. The van der Waals surface area contributed by atoms with E-state index in [1.54, 1.807) is 0 Å². The number of carbonyl (C=O) groups excluding carboxylic acids is 1. The van der Waals surface area contributed by atoms with Gasteiger partial charge in [-0.3, -0.25) is 4.79 Å². The first-order chi connectivity index (χ1) is 9.36. The Bertz CT molecular complexity index is 346. The SMILES string of the molecule is NC(=O)[C@@H]1CCC[C@H](N[C@H]2CCC[C@@H](C(F)(F)F)C2)C1. The third-order valence-electron chi connectivity index (χ3n) is 4.69. The van der Waals surface area contributed by atoms with Crippen molar-refractivity contribution < 1.29 is 18.0 Å². The fourth-order valence-corrected chi connectivity index (χ4v) is 3.57. The van der Waals surface area contributed by atoms with E-state index in [-0.39, 0.29) is 36.8 Å². The van der Waals surface area contributed by atoms with Crippen LogP contribution in [0.4, 0.5) is 13.2 Å². The molecule has 0 spiro atoms. The molecular weight excluding hydrogens is 269 g/mol. The van der Waals surface area contributed by atoms with Crippen LogP contribution in [-0.4, -0.2) is 24.2 Å². The summed E-state index contributed by atoms with van der Waals surface area (Å²) in [6, 6.07) is 0.0604. The molecule has 2 aliphatic rings. The van der Waals surface area contributed by atoms with Gasteiger partial charge in [-0.2, -0.15) is 13.2 Å². The van der Waals surface area contributed by atoms with Gasteiger partial charge in [-0.05, 0) is 38.5 Å². The van der Waals surface area contributed by atoms with Crippen molar-refractivity contribution in [2.24, 2.45) is 17.6 Å². The quantitative estimate of drug-likeness (QED) is 0.840. The van der Waals surface area contributed by atoms with Gasteiger partial charge in [0.2, 0.25) is 5.91 Å². The van der Waals surface area contributed by atoms with Gasteiger partial charge in [-0.1, -0.05) is 12.8 Å². The first kappa shape index (κ1) is 15.6. The number of hydrogen-bond acceptors (Lipinski definition) is 2. The molecule has 2 saturated carbocycles. The smallest absolute Gasteiger partial charge is 0.369 e. The highest BCUT2D eigenvalue weighted by molar-refractivity contribution is 5.76. The van der Waals surface area contributed by atoms with Crippen molar-refractivity contribution >= 4 is 5.91 Å². The molecule has 0 aromatic rings. The van der Waals surface area contributed by atoms with Gasteiger partial charge in [0.25, 0.3) is 0 Å².